The maximum atomic E-state index is 13.9. The number of nitrogens with zero attached hydrogens (tertiary/aromatic N) is 3. The van der Waals surface area contributed by atoms with Crippen LogP contribution >= 0.6 is 0 Å². The van der Waals surface area contributed by atoms with Crippen LogP contribution in [-0.2, 0) is 0 Å². The zero-order chi connectivity index (χ0) is 20.3. The maximum Gasteiger partial charge on any atom is 0.331 e. The van der Waals surface area contributed by atoms with Crippen molar-refractivity contribution in [1.29, 1.82) is 0 Å². The highest BCUT2D eigenvalue weighted by molar-refractivity contribution is 6.23. The molecule has 0 amide bonds. The van der Waals surface area contributed by atoms with Crippen LogP contribution in [0.1, 0.15) is 25.7 Å². The molecule has 0 radical (unpaired) electrons. The second-order valence-electron chi connectivity index (χ2n) is 7.41. The molecule has 1 aliphatic carbocycles. The van der Waals surface area contributed by atoms with Crippen LogP contribution in [0.15, 0.2) is 35.3 Å². The summed E-state index contributed by atoms with van der Waals surface area (Å²) >= 11 is 0. The van der Waals surface area contributed by atoms with Crippen molar-refractivity contribution in [3.05, 3.63) is 46.6 Å². The molecule has 0 aliphatic heterocycles. The van der Waals surface area contributed by atoms with Crippen LogP contribution in [0.25, 0.3) is 32.6 Å². The van der Waals surface area contributed by atoms with E-state index in [1.165, 1.54) is 24.3 Å². The summed E-state index contributed by atoms with van der Waals surface area (Å²) in [6, 6.07) is 5.30. The topological polar surface area (TPSA) is 110 Å². The van der Waals surface area contributed by atoms with Gasteiger partial charge in [0.2, 0.25) is 0 Å². The third kappa shape index (κ3) is 2.69. The molecule has 9 heteroatoms. The van der Waals surface area contributed by atoms with Gasteiger partial charge in [-0.3, -0.25) is 4.79 Å². The van der Waals surface area contributed by atoms with Gasteiger partial charge >= 0.3 is 6.01 Å². The van der Waals surface area contributed by atoms with E-state index >= 15 is 0 Å². The van der Waals surface area contributed by atoms with E-state index in [1.54, 1.807) is 0 Å². The van der Waals surface area contributed by atoms with E-state index in [0.29, 0.717) is 33.9 Å². The summed E-state index contributed by atoms with van der Waals surface area (Å²) in [5.41, 5.74) is -0.168. The summed E-state index contributed by atoms with van der Waals surface area (Å²) in [5.74, 6) is -0.540. The molecular weight excluding hydrogens is 381 g/mol. The molecule has 3 N–H and O–H groups in total. The quantitative estimate of drug-likeness (QED) is 0.353. The van der Waals surface area contributed by atoms with Crippen LogP contribution in [0.2, 0.25) is 0 Å². The van der Waals surface area contributed by atoms with Crippen molar-refractivity contribution in [2.75, 3.05) is 0 Å². The Bertz CT molecular complexity index is 1330. The third-order valence-corrected chi connectivity index (χ3v) is 5.53. The van der Waals surface area contributed by atoms with Crippen LogP contribution < -0.4 is 10.3 Å². The lowest BCUT2D eigenvalue weighted by atomic mass is 9.95. The number of pyridine rings is 1. The van der Waals surface area contributed by atoms with E-state index in [4.69, 9.17) is 4.74 Å². The predicted octanol–water partition coefficient (Wildman–Crippen LogP) is 2.80. The first-order chi connectivity index (χ1) is 13.9. The summed E-state index contributed by atoms with van der Waals surface area (Å²) < 4.78 is 21.0. The Morgan fingerprint density at radius 1 is 1.14 bits per heavy atom. The number of halogens is 1. The van der Waals surface area contributed by atoms with Crippen molar-refractivity contribution >= 4 is 32.6 Å². The molecular formula is C20H18FN3O5. The summed E-state index contributed by atoms with van der Waals surface area (Å²) in [5, 5.41) is 31.5. The minimum absolute atomic E-state index is 0.0619. The summed E-state index contributed by atoms with van der Waals surface area (Å²) in [7, 11) is 0. The Hall–Kier alpha value is -3.33. The number of rotatable bonds is 2. The van der Waals surface area contributed by atoms with Gasteiger partial charge in [-0.25, -0.2) is 4.39 Å². The zero-order valence-electron chi connectivity index (χ0n) is 15.2. The molecule has 8 nitrogen and oxygen atoms in total. The number of aromatic nitrogens is 3. The molecule has 1 saturated carbocycles. The standard InChI is InChI=1S/C20H18FN3O5/c21-10-4-5-13-15(8-10)16-14(6-7-23(27)19(16)26)18-17(13)22-20(24(18)28)29-12-3-1-2-11(25)9-12/h4-8,11-12,25,27-28H,1-3,9H2/t11-,12-/m0/s1. The number of benzene rings is 2. The Balaban J connectivity index is 1.81. The fourth-order valence-electron chi connectivity index (χ4n) is 4.19. The van der Waals surface area contributed by atoms with Gasteiger partial charge in [-0.05, 0) is 43.5 Å². The lowest BCUT2D eigenvalue weighted by Gasteiger charge is -2.25. The number of hydrogen-bond donors (Lipinski definition) is 3. The van der Waals surface area contributed by atoms with Gasteiger partial charge in [0.15, 0.2) is 0 Å². The molecule has 2 atom stereocenters. The third-order valence-electron chi connectivity index (χ3n) is 5.53. The molecule has 4 aromatic rings. The van der Waals surface area contributed by atoms with Crippen LogP contribution in [0.5, 0.6) is 6.01 Å². The average molecular weight is 399 g/mol. The molecule has 29 heavy (non-hydrogen) atoms. The molecule has 2 aromatic heterocycles. The van der Waals surface area contributed by atoms with Crippen molar-refractivity contribution in [3.63, 3.8) is 0 Å². The SMILES string of the molecule is O=c1c2c3cc(F)ccc3c3nc(O[C@H]4CCC[C@H](O)C4)n(O)c3c2ccn1O. The van der Waals surface area contributed by atoms with Gasteiger partial charge < -0.3 is 20.3 Å². The fourth-order valence-corrected chi connectivity index (χ4v) is 4.19. The maximum absolute atomic E-state index is 13.9. The second-order valence-corrected chi connectivity index (χ2v) is 7.41. The van der Waals surface area contributed by atoms with Gasteiger partial charge in [0.1, 0.15) is 23.0 Å². The molecule has 2 heterocycles. The lowest BCUT2D eigenvalue weighted by Crippen LogP contribution is -2.29. The molecule has 5 rings (SSSR count). The number of hydrogen-bond acceptors (Lipinski definition) is 6. The molecule has 1 aliphatic rings. The highest BCUT2D eigenvalue weighted by Gasteiger charge is 2.26. The molecule has 150 valence electrons. The van der Waals surface area contributed by atoms with Crippen molar-refractivity contribution in [2.45, 2.75) is 37.9 Å². The summed E-state index contributed by atoms with van der Waals surface area (Å²) in [4.78, 5) is 17.0. The molecule has 0 bridgehead atoms. The van der Waals surface area contributed by atoms with E-state index in [2.05, 4.69) is 4.98 Å². The number of aliphatic hydroxyl groups excluding tert-OH is 1. The van der Waals surface area contributed by atoms with Gasteiger partial charge in [-0.1, -0.05) is 0 Å². The smallest absolute Gasteiger partial charge is 0.331 e. The second kappa shape index (κ2) is 6.35. The van der Waals surface area contributed by atoms with Crippen molar-refractivity contribution < 1.29 is 24.6 Å². The van der Waals surface area contributed by atoms with Gasteiger partial charge in [0.05, 0.1) is 11.5 Å². The zero-order valence-corrected chi connectivity index (χ0v) is 15.2. The van der Waals surface area contributed by atoms with E-state index < -0.39 is 17.5 Å². The van der Waals surface area contributed by atoms with E-state index in [9.17, 15) is 24.7 Å². The van der Waals surface area contributed by atoms with Crippen molar-refractivity contribution in [1.82, 2.24) is 14.4 Å². The minimum atomic E-state index is -0.737. The van der Waals surface area contributed by atoms with Crippen molar-refractivity contribution in [2.24, 2.45) is 0 Å². The summed E-state index contributed by atoms with van der Waals surface area (Å²) in [6.07, 6.45) is 3.07. The monoisotopic (exact) mass is 399 g/mol. The Kier molecular flexibility index (Phi) is 3.88. The Morgan fingerprint density at radius 3 is 2.76 bits per heavy atom. The minimum Gasteiger partial charge on any atom is -0.459 e. The Labute approximate surface area is 162 Å². The average Bonchev–Trinajstić information content (AvgIpc) is 3.01. The van der Waals surface area contributed by atoms with Crippen molar-refractivity contribution in [3.8, 4) is 6.01 Å². The van der Waals surface area contributed by atoms with E-state index in [-0.39, 0.29) is 28.4 Å². The van der Waals surface area contributed by atoms with Gasteiger partial charge in [0, 0.05) is 28.8 Å². The summed E-state index contributed by atoms with van der Waals surface area (Å²) in [6.45, 7) is 0. The van der Waals surface area contributed by atoms with Gasteiger partial charge in [-0.15, -0.1) is 4.73 Å². The Morgan fingerprint density at radius 2 is 1.97 bits per heavy atom. The van der Waals surface area contributed by atoms with Crippen LogP contribution in [0, 0.1) is 5.82 Å². The van der Waals surface area contributed by atoms with E-state index in [0.717, 1.165) is 23.8 Å². The lowest BCUT2D eigenvalue weighted by molar-refractivity contribution is 0.0343. The first-order valence-electron chi connectivity index (χ1n) is 9.36. The normalized spacial score (nSPS) is 19.9. The van der Waals surface area contributed by atoms with Crippen LogP contribution in [0.4, 0.5) is 4.39 Å². The highest BCUT2D eigenvalue weighted by Crippen LogP contribution is 2.36. The first-order valence-corrected chi connectivity index (χ1v) is 9.36. The first kappa shape index (κ1) is 17.7. The van der Waals surface area contributed by atoms with Gasteiger partial charge in [-0.2, -0.15) is 9.71 Å². The molecule has 2 aromatic carbocycles. The number of aliphatic hydroxyl groups is 1. The molecule has 0 saturated heterocycles. The molecule has 0 unspecified atom stereocenters. The molecule has 0 spiro atoms. The predicted molar refractivity (Wildman–Crippen MR) is 102 cm³/mol. The van der Waals surface area contributed by atoms with E-state index in [1.807, 2.05) is 0 Å². The number of imidazole rings is 1. The highest BCUT2D eigenvalue weighted by atomic mass is 19.1. The number of ether oxygens (including phenoxy) is 1. The largest absolute Gasteiger partial charge is 0.459 e. The van der Waals surface area contributed by atoms with Crippen LogP contribution in [0.3, 0.4) is 0 Å². The van der Waals surface area contributed by atoms with Crippen LogP contribution in [-0.4, -0.2) is 42.2 Å². The fraction of sp³-hybridized carbons (Fsp3) is 0.300. The van der Waals surface area contributed by atoms with Gasteiger partial charge in [0.25, 0.3) is 5.56 Å². The number of fused-ring (bicyclic) bond motifs is 6. The molecule has 1 fully saturated rings.